The molecule has 34 heavy (non-hydrogen) atoms. The topological polar surface area (TPSA) is 96.0 Å². The van der Waals surface area contributed by atoms with E-state index < -0.39 is 28.5 Å². The van der Waals surface area contributed by atoms with Crippen LogP contribution in [0.25, 0.3) is 0 Å². The van der Waals surface area contributed by atoms with Crippen LogP contribution in [0.15, 0.2) is 46.9 Å². The highest BCUT2D eigenvalue weighted by Gasteiger charge is 2.31. The molecule has 0 saturated carbocycles. The zero-order valence-electron chi connectivity index (χ0n) is 19.5. The highest BCUT2D eigenvalue weighted by molar-refractivity contribution is 9.10. The van der Waals surface area contributed by atoms with Crippen molar-refractivity contribution in [3.63, 3.8) is 0 Å². The maximum absolute atomic E-state index is 13.5. The first-order valence-corrected chi connectivity index (χ1v) is 13.6. The molecule has 0 spiro atoms. The summed E-state index contributed by atoms with van der Waals surface area (Å²) in [6, 6.07) is 11.0. The van der Waals surface area contributed by atoms with Crippen molar-refractivity contribution in [2.75, 3.05) is 30.8 Å². The lowest BCUT2D eigenvalue weighted by Gasteiger charge is -2.32. The molecule has 186 valence electrons. The lowest BCUT2D eigenvalue weighted by molar-refractivity contribution is -0.139. The van der Waals surface area contributed by atoms with Gasteiger partial charge in [0.1, 0.15) is 18.3 Å². The minimum Gasteiger partial charge on any atom is -0.495 e. The van der Waals surface area contributed by atoms with Crippen molar-refractivity contribution in [1.29, 1.82) is 0 Å². The monoisotopic (exact) mass is 573 g/mol. The number of rotatable bonds is 11. The number of carbonyl (C=O) groups is 2. The summed E-state index contributed by atoms with van der Waals surface area (Å²) in [5.41, 5.74) is 0.917. The standard InChI is InChI=1S/C23H29BrClN3O5S/c1-5-11-26-23(30)16(2)27(14-17-7-6-8-18(24)12-17)22(29)15-28(34(4,31)32)20-13-19(25)9-10-21(20)33-3/h6-10,12-13,16H,5,11,14-15H2,1-4H3,(H,26,30)/t16-/m0/s1. The SMILES string of the molecule is CCCNC(=O)[C@H](C)N(Cc1cccc(Br)c1)C(=O)CN(c1cc(Cl)ccc1OC)S(C)(=O)=O. The zero-order valence-corrected chi connectivity index (χ0v) is 22.7. The van der Waals surface area contributed by atoms with E-state index in [-0.39, 0.29) is 28.9 Å². The molecule has 0 heterocycles. The third kappa shape index (κ3) is 7.61. The zero-order chi connectivity index (χ0) is 25.5. The second-order valence-corrected chi connectivity index (χ2v) is 11.0. The van der Waals surface area contributed by atoms with Crippen molar-refractivity contribution in [3.05, 3.63) is 57.5 Å². The van der Waals surface area contributed by atoms with Crippen LogP contribution in [0.4, 0.5) is 5.69 Å². The van der Waals surface area contributed by atoms with Gasteiger partial charge < -0.3 is 15.0 Å². The highest BCUT2D eigenvalue weighted by atomic mass is 79.9. The quantitative estimate of drug-likeness (QED) is 0.440. The fraction of sp³-hybridized carbons (Fsp3) is 0.391. The molecule has 0 aliphatic rings. The van der Waals surface area contributed by atoms with Crippen molar-refractivity contribution in [3.8, 4) is 5.75 Å². The smallest absolute Gasteiger partial charge is 0.244 e. The summed E-state index contributed by atoms with van der Waals surface area (Å²) in [5.74, 6) is -0.627. The number of hydrogen-bond acceptors (Lipinski definition) is 5. The van der Waals surface area contributed by atoms with E-state index in [1.165, 1.54) is 24.1 Å². The van der Waals surface area contributed by atoms with E-state index >= 15 is 0 Å². The second kappa shape index (κ2) is 12.4. The van der Waals surface area contributed by atoms with E-state index in [1.54, 1.807) is 13.0 Å². The summed E-state index contributed by atoms with van der Waals surface area (Å²) in [6.07, 6.45) is 1.74. The van der Waals surface area contributed by atoms with Crippen LogP contribution in [0.2, 0.25) is 5.02 Å². The Morgan fingerprint density at radius 1 is 1.21 bits per heavy atom. The number of sulfonamides is 1. The molecule has 1 atom stereocenters. The van der Waals surface area contributed by atoms with Gasteiger partial charge in [-0.15, -0.1) is 0 Å². The lowest BCUT2D eigenvalue weighted by atomic mass is 10.1. The van der Waals surface area contributed by atoms with Gasteiger partial charge in [-0.1, -0.05) is 46.6 Å². The number of carbonyl (C=O) groups excluding carboxylic acids is 2. The number of amides is 2. The minimum absolute atomic E-state index is 0.114. The normalized spacial score (nSPS) is 12.1. The van der Waals surface area contributed by atoms with Crippen LogP contribution in [0.3, 0.4) is 0 Å². The maximum Gasteiger partial charge on any atom is 0.244 e. The van der Waals surface area contributed by atoms with E-state index in [0.29, 0.717) is 6.54 Å². The largest absolute Gasteiger partial charge is 0.495 e. The molecule has 0 radical (unpaired) electrons. The molecule has 0 bridgehead atoms. The summed E-state index contributed by atoms with van der Waals surface area (Å²) in [4.78, 5) is 27.6. The third-order valence-corrected chi connectivity index (χ3v) is 6.90. The van der Waals surface area contributed by atoms with Crippen LogP contribution >= 0.6 is 27.5 Å². The van der Waals surface area contributed by atoms with E-state index in [0.717, 1.165) is 27.0 Å². The first-order valence-electron chi connectivity index (χ1n) is 10.6. The molecule has 2 aromatic carbocycles. The van der Waals surface area contributed by atoms with Crippen molar-refractivity contribution < 1.29 is 22.7 Å². The van der Waals surface area contributed by atoms with Crippen LogP contribution in [-0.4, -0.2) is 57.6 Å². The molecule has 0 fully saturated rings. The Bertz CT molecular complexity index is 1130. The van der Waals surface area contributed by atoms with Gasteiger partial charge in [0, 0.05) is 22.6 Å². The molecule has 0 aromatic heterocycles. The lowest BCUT2D eigenvalue weighted by Crippen LogP contribution is -2.51. The number of methoxy groups -OCH3 is 1. The first kappa shape index (κ1) is 27.9. The van der Waals surface area contributed by atoms with E-state index in [4.69, 9.17) is 16.3 Å². The Kier molecular flexibility index (Phi) is 10.2. The van der Waals surface area contributed by atoms with Gasteiger partial charge >= 0.3 is 0 Å². The first-order chi connectivity index (χ1) is 16.0. The van der Waals surface area contributed by atoms with Crippen molar-refractivity contribution in [1.82, 2.24) is 10.2 Å². The number of anilines is 1. The van der Waals surface area contributed by atoms with Crippen LogP contribution in [-0.2, 0) is 26.2 Å². The van der Waals surface area contributed by atoms with Gasteiger partial charge in [-0.3, -0.25) is 13.9 Å². The van der Waals surface area contributed by atoms with Crippen molar-refractivity contribution in [2.24, 2.45) is 0 Å². The molecule has 2 aromatic rings. The molecule has 8 nitrogen and oxygen atoms in total. The second-order valence-electron chi connectivity index (χ2n) is 7.70. The summed E-state index contributed by atoms with van der Waals surface area (Å²) in [5, 5.41) is 3.08. The molecule has 2 rings (SSSR count). The molecule has 1 N–H and O–H groups in total. The number of halogens is 2. The molecular formula is C23H29BrClN3O5S. The predicted molar refractivity (Wildman–Crippen MR) is 138 cm³/mol. The average Bonchev–Trinajstić information content (AvgIpc) is 2.78. The number of hydrogen-bond donors (Lipinski definition) is 1. The Hall–Kier alpha value is -2.30. The molecule has 0 unspecified atom stereocenters. The minimum atomic E-state index is -3.90. The van der Waals surface area contributed by atoms with Crippen LogP contribution in [0.1, 0.15) is 25.8 Å². The summed E-state index contributed by atoms with van der Waals surface area (Å²) >= 11 is 9.51. The van der Waals surface area contributed by atoms with Crippen LogP contribution in [0, 0.1) is 0 Å². The Labute approximate surface area is 214 Å². The molecule has 0 saturated heterocycles. The van der Waals surface area contributed by atoms with Gasteiger partial charge in [0.2, 0.25) is 21.8 Å². The Morgan fingerprint density at radius 2 is 1.91 bits per heavy atom. The predicted octanol–water partition coefficient (Wildman–Crippen LogP) is 3.82. The molecule has 11 heteroatoms. The molecule has 2 amide bonds. The highest BCUT2D eigenvalue weighted by Crippen LogP contribution is 2.33. The third-order valence-electron chi connectivity index (χ3n) is 5.05. The number of benzene rings is 2. The van der Waals surface area contributed by atoms with Gasteiger partial charge in [-0.05, 0) is 49.2 Å². The van der Waals surface area contributed by atoms with Gasteiger partial charge in [-0.25, -0.2) is 8.42 Å². The van der Waals surface area contributed by atoms with Crippen LogP contribution < -0.4 is 14.4 Å². The Balaban J connectivity index is 2.45. The summed E-state index contributed by atoms with van der Waals surface area (Å²) < 4.78 is 32.4. The van der Waals surface area contributed by atoms with Crippen molar-refractivity contribution in [2.45, 2.75) is 32.9 Å². The fourth-order valence-electron chi connectivity index (χ4n) is 3.26. The Morgan fingerprint density at radius 3 is 2.50 bits per heavy atom. The number of nitrogens with one attached hydrogen (secondary N) is 1. The van der Waals surface area contributed by atoms with Gasteiger partial charge in [0.15, 0.2) is 0 Å². The van der Waals surface area contributed by atoms with Gasteiger partial charge in [0.05, 0.1) is 19.1 Å². The van der Waals surface area contributed by atoms with E-state index in [9.17, 15) is 18.0 Å². The molecular weight excluding hydrogens is 546 g/mol. The van der Waals surface area contributed by atoms with Crippen LogP contribution in [0.5, 0.6) is 5.75 Å². The number of ether oxygens (including phenoxy) is 1. The average molecular weight is 575 g/mol. The van der Waals surface area contributed by atoms with E-state index in [2.05, 4.69) is 21.2 Å². The number of nitrogens with zero attached hydrogens (tertiary/aromatic N) is 2. The van der Waals surface area contributed by atoms with Gasteiger partial charge in [-0.2, -0.15) is 0 Å². The fourth-order valence-corrected chi connectivity index (χ4v) is 4.72. The van der Waals surface area contributed by atoms with Crippen molar-refractivity contribution >= 4 is 55.1 Å². The molecule has 0 aliphatic heterocycles. The van der Waals surface area contributed by atoms with Gasteiger partial charge in [0.25, 0.3) is 0 Å². The summed E-state index contributed by atoms with van der Waals surface area (Å²) in [7, 11) is -2.50. The van der Waals surface area contributed by atoms with E-state index in [1.807, 2.05) is 31.2 Å². The maximum atomic E-state index is 13.5. The molecule has 0 aliphatic carbocycles. The summed E-state index contributed by atoms with van der Waals surface area (Å²) in [6.45, 7) is 3.60.